The van der Waals surface area contributed by atoms with Crippen LogP contribution in [0.2, 0.25) is 0 Å². The molecule has 0 atom stereocenters. The Bertz CT molecular complexity index is 517. The van der Waals surface area contributed by atoms with E-state index in [0.29, 0.717) is 11.8 Å². The van der Waals surface area contributed by atoms with E-state index in [1.54, 1.807) is 0 Å². The monoisotopic (exact) mass is 290 g/mol. The van der Waals surface area contributed by atoms with Crippen LogP contribution < -0.4 is 10.6 Å². The molecule has 1 fully saturated rings. The maximum Gasteiger partial charge on any atom is 0.223 e. The highest BCUT2D eigenvalue weighted by atomic mass is 16.2. The van der Waals surface area contributed by atoms with E-state index in [4.69, 9.17) is 4.98 Å². The maximum atomic E-state index is 11.7. The SMILES string of the molecule is CC(C)Cc1nc2c(n1CCNC(=O)C1CC1)CCNC2. The lowest BCUT2D eigenvalue weighted by molar-refractivity contribution is -0.122. The topological polar surface area (TPSA) is 59.0 Å². The highest BCUT2D eigenvalue weighted by Gasteiger charge is 2.29. The summed E-state index contributed by atoms with van der Waals surface area (Å²) in [4.78, 5) is 16.6. The third-order valence-electron chi connectivity index (χ3n) is 4.24. The molecule has 1 aromatic rings. The molecule has 2 heterocycles. The summed E-state index contributed by atoms with van der Waals surface area (Å²) in [5.74, 6) is 2.30. The third kappa shape index (κ3) is 3.46. The Balaban J connectivity index is 1.68. The van der Waals surface area contributed by atoms with Crippen molar-refractivity contribution in [2.75, 3.05) is 13.1 Å². The van der Waals surface area contributed by atoms with Crippen LogP contribution in [0.4, 0.5) is 0 Å². The van der Waals surface area contributed by atoms with E-state index < -0.39 is 0 Å². The van der Waals surface area contributed by atoms with E-state index in [1.165, 1.54) is 17.2 Å². The summed E-state index contributed by atoms with van der Waals surface area (Å²) in [7, 11) is 0. The van der Waals surface area contributed by atoms with Gasteiger partial charge in [-0.15, -0.1) is 0 Å². The second-order valence-corrected chi connectivity index (χ2v) is 6.66. The first-order chi connectivity index (χ1) is 10.1. The van der Waals surface area contributed by atoms with Gasteiger partial charge in [0, 0.05) is 50.6 Å². The minimum absolute atomic E-state index is 0.232. The molecule has 1 aliphatic heterocycles. The van der Waals surface area contributed by atoms with Gasteiger partial charge in [-0.1, -0.05) is 13.8 Å². The Morgan fingerprint density at radius 2 is 2.29 bits per heavy atom. The molecule has 1 aliphatic carbocycles. The molecule has 116 valence electrons. The van der Waals surface area contributed by atoms with Gasteiger partial charge < -0.3 is 15.2 Å². The average molecular weight is 290 g/mol. The fraction of sp³-hybridized carbons (Fsp3) is 0.750. The van der Waals surface area contributed by atoms with Gasteiger partial charge >= 0.3 is 0 Å². The van der Waals surface area contributed by atoms with Crippen molar-refractivity contribution in [2.24, 2.45) is 11.8 Å². The molecule has 1 amide bonds. The van der Waals surface area contributed by atoms with Gasteiger partial charge in [0.05, 0.1) is 5.69 Å². The predicted molar refractivity (Wildman–Crippen MR) is 81.9 cm³/mol. The number of amides is 1. The molecule has 2 N–H and O–H groups in total. The number of nitrogens with one attached hydrogen (secondary N) is 2. The first-order valence-corrected chi connectivity index (χ1v) is 8.20. The minimum Gasteiger partial charge on any atom is -0.354 e. The lowest BCUT2D eigenvalue weighted by Crippen LogP contribution is -2.30. The number of fused-ring (bicyclic) bond motifs is 1. The van der Waals surface area contributed by atoms with E-state index in [0.717, 1.165) is 51.9 Å². The van der Waals surface area contributed by atoms with Crippen molar-refractivity contribution in [1.29, 1.82) is 0 Å². The van der Waals surface area contributed by atoms with Crippen molar-refractivity contribution in [2.45, 2.75) is 52.6 Å². The number of rotatable bonds is 6. The largest absolute Gasteiger partial charge is 0.354 e. The summed E-state index contributed by atoms with van der Waals surface area (Å²) in [6.45, 7) is 7.92. The lowest BCUT2D eigenvalue weighted by Gasteiger charge is -2.17. The summed E-state index contributed by atoms with van der Waals surface area (Å²) in [5.41, 5.74) is 2.57. The molecule has 0 spiro atoms. The fourth-order valence-corrected chi connectivity index (χ4v) is 2.99. The molecule has 0 unspecified atom stereocenters. The van der Waals surface area contributed by atoms with Crippen LogP contribution in [0.3, 0.4) is 0 Å². The Hall–Kier alpha value is -1.36. The van der Waals surface area contributed by atoms with Crippen molar-refractivity contribution in [3.63, 3.8) is 0 Å². The van der Waals surface area contributed by atoms with Gasteiger partial charge in [0.2, 0.25) is 5.91 Å². The first kappa shape index (κ1) is 14.6. The molecule has 0 bridgehead atoms. The van der Waals surface area contributed by atoms with Gasteiger partial charge in [-0.05, 0) is 18.8 Å². The van der Waals surface area contributed by atoms with Gasteiger partial charge in [-0.25, -0.2) is 4.98 Å². The predicted octanol–water partition coefficient (Wildman–Crippen LogP) is 1.25. The van der Waals surface area contributed by atoms with Crippen molar-refractivity contribution in [1.82, 2.24) is 20.2 Å². The van der Waals surface area contributed by atoms with Crippen LogP contribution in [0.5, 0.6) is 0 Å². The zero-order chi connectivity index (χ0) is 14.8. The smallest absolute Gasteiger partial charge is 0.223 e. The average Bonchev–Trinajstić information content (AvgIpc) is 3.23. The lowest BCUT2D eigenvalue weighted by atomic mass is 10.1. The molecule has 5 heteroatoms. The summed E-state index contributed by atoms with van der Waals surface area (Å²) in [6.07, 6.45) is 4.17. The number of carbonyl (C=O) groups excluding carboxylic acids is 1. The quantitative estimate of drug-likeness (QED) is 0.829. The highest BCUT2D eigenvalue weighted by molar-refractivity contribution is 5.80. The summed E-state index contributed by atoms with van der Waals surface area (Å²) in [6, 6.07) is 0. The van der Waals surface area contributed by atoms with Crippen LogP contribution >= 0.6 is 0 Å². The Morgan fingerprint density at radius 1 is 1.48 bits per heavy atom. The fourth-order valence-electron chi connectivity index (χ4n) is 2.99. The molecule has 2 aliphatic rings. The Kier molecular flexibility index (Phi) is 4.29. The molecule has 21 heavy (non-hydrogen) atoms. The Morgan fingerprint density at radius 3 is 3.00 bits per heavy atom. The van der Waals surface area contributed by atoms with E-state index in [2.05, 4.69) is 29.0 Å². The molecule has 1 saturated carbocycles. The third-order valence-corrected chi connectivity index (χ3v) is 4.24. The van der Waals surface area contributed by atoms with Crippen LogP contribution in [-0.2, 0) is 30.7 Å². The summed E-state index contributed by atoms with van der Waals surface area (Å²) < 4.78 is 2.35. The second-order valence-electron chi connectivity index (χ2n) is 6.66. The zero-order valence-corrected chi connectivity index (χ0v) is 13.1. The molecule has 5 nitrogen and oxygen atoms in total. The number of nitrogens with zero attached hydrogens (tertiary/aromatic N) is 2. The minimum atomic E-state index is 0.232. The van der Waals surface area contributed by atoms with E-state index in [-0.39, 0.29) is 5.91 Å². The van der Waals surface area contributed by atoms with E-state index in [9.17, 15) is 4.79 Å². The molecular weight excluding hydrogens is 264 g/mol. The van der Waals surface area contributed by atoms with E-state index >= 15 is 0 Å². The highest BCUT2D eigenvalue weighted by Crippen LogP contribution is 2.28. The molecule has 0 radical (unpaired) electrons. The molecule has 0 saturated heterocycles. The molecule has 3 rings (SSSR count). The standard InChI is InChI=1S/C16H26N4O/c1-11(2)9-15-19-13-10-17-6-5-14(13)20(15)8-7-18-16(21)12-3-4-12/h11-12,17H,3-10H2,1-2H3,(H,18,21). The van der Waals surface area contributed by atoms with Crippen LogP contribution in [-0.4, -0.2) is 28.5 Å². The number of imidazole rings is 1. The zero-order valence-electron chi connectivity index (χ0n) is 13.1. The van der Waals surface area contributed by atoms with Crippen LogP contribution in [0.15, 0.2) is 0 Å². The number of aromatic nitrogens is 2. The van der Waals surface area contributed by atoms with Gasteiger partial charge in [0.15, 0.2) is 0 Å². The number of hydrogen-bond donors (Lipinski definition) is 2. The normalized spacial score (nSPS) is 17.9. The van der Waals surface area contributed by atoms with Crippen LogP contribution in [0.1, 0.15) is 43.9 Å². The van der Waals surface area contributed by atoms with Crippen molar-refractivity contribution in [3.05, 3.63) is 17.2 Å². The summed E-state index contributed by atoms with van der Waals surface area (Å²) in [5, 5.41) is 6.45. The summed E-state index contributed by atoms with van der Waals surface area (Å²) >= 11 is 0. The van der Waals surface area contributed by atoms with Gasteiger partial charge in [0.25, 0.3) is 0 Å². The second kappa shape index (κ2) is 6.18. The number of carbonyl (C=O) groups is 1. The van der Waals surface area contributed by atoms with Crippen molar-refractivity contribution < 1.29 is 4.79 Å². The van der Waals surface area contributed by atoms with E-state index in [1.807, 2.05) is 0 Å². The molecule has 1 aromatic heterocycles. The van der Waals surface area contributed by atoms with Crippen molar-refractivity contribution in [3.8, 4) is 0 Å². The molecule has 0 aromatic carbocycles. The first-order valence-electron chi connectivity index (χ1n) is 8.20. The van der Waals surface area contributed by atoms with Crippen LogP contribution in [0.25, 0.3) is 0 Å². The van der Waals surface area contributed by atoms with Gasteiger partial charge in [-0.2, -0.15) is 0 Å². The van der Waals surface area contributed by atoms with Gasteiger partial charge in [0.1, 0.15) is 5.82 Å². The Labute approximate surface area is 126 Å². The molecular formula is C16H26N4O. The van der Waals surface area contributed by atoms with Crippen molar-refractivity contribution >= 4 is 5.91 Å². The maximum absolute atomic E-state index is 11.7. The number of hydrogen-bond acceptors (Lipinski definition) is 3. The van der Waals surface area contributed by atoms with Gasteiger partial charge in [-0.3, -0.25) is 4.79 Å². The van der Waals surface area contributed by atoms with Crippen LogP contribution in [0, 0.1) is 11.8 Å².